The van der Waals surface area contributed by atoms with E-state index in [0.717, 1.165) is 24.6 Å². The topological polar surface area (TPSA) is 77.0 Å². The summed E-state index contributed by atoms with van der Waals surface area (Å²) < 4.78 is 26.3. The van der Waals surface area contributed by atoms with Gasteiger partial charge in [-0.1, -0.05) is 13.3 Å². The van der Waals surface area contributed by atoms with Crippen LogP contribution in [0, 0.1) is 0 Å². The summed E-state index contributed by atoms with van der Waals surface area (Å²) >= 11 is 1.81. The molecule has 7 nitrogen and oxygen atoms in total. The van der Waals surface area contributed by atoms with Crippen LogP contribution in [0.15, 0.2) is 4.99 Å². The third-order valence-electron chi connectivity index (χ3n) is 5.15. The summed E-state index contributed by atoms with van der Waals surface area (Å²) in [6.07, 6.45) is 5.14. The predicted octanol–water partition coefficient (Wildman–Crippen LogP) is 0.795. The first-order valence-electron chi connectivity index (χ1n) is 9.81. The molecule has 2 saturated heterocycles. The summed E-state index contributed by atoms with van der Waals surface area (Å²) in [6, 6.07) is 0.702. The SMILES string of the molecule is CCC1CCCCN1CCNC(=NC)NCCS(=O)(=O)N1CCSCC1. The van der Waals surface area contributed by atoms with Gasteiger partial charge in [0.05, 0.1) is 5.75 Å². The lowest BCUT2D eigenvalue weighted by Crippen LogP contribution is -2.47. The maximum Gasteiger partial charge on any atom is 0.215 e. The molecule has 0 spiro atoms. The van der Waals surface area contributed by atoms with Gasteiger partial charge in [0.15, 0.2) is 5.96 Å². The average Bonchev–Trinajstić information content (AvgIpc) is 2.67. The molecule has 0 aliphatic carbocycles. The van der Waals surface area contributed by atoms with Gasteiger partial charge in [0.25, 0.3) is 0 Å². The molecule has 0 amide bonds. The van der Waals surface area contributed by atoms with E-state index in [-0.39, 0.29) is 5.75 Å². The molecule has 0 aromatic carbocycles. The maximum absolute atomic E-state index is 12.4. The zero-order chi connectivity index (χ0) is 18.8. The number of likely N-dealkylation sites (tertiary alicyclic amines) is 1. The van der Waals surface area contributed by atoms with Gasteiger partial charge in [0.1, 0.15) is 0 Å². The van der Waals surface area contributed by atoms with E-state index in [1.807, 2.05) is 11.8 Å². The molecule has 2 fully saturated rings. The molecule has 0 radical (unpaired) electrons. The Morgan fingerprint density at radius 1 is 1.15 bits per heavy atom. The van der Waals surface area contributed by atoms with Gasteiger partial charge in [-0.15, -0.1) is 0 Å². The van der Waals surface area contributed by atoms with Crippen molar-refractivity contribution in [1.82, 2.24) is 19.8 Å². The third-order valence-corrected chi connectivity index (χ3v) is 7.97. The molecule has 2 heterocycles. The summed E-state index contributed by atoms with van der Waals surface area (Å²) in [6.45, 7) is 6.92. The van der Waals surface area contributed by atoms with Crippen LogP contribution in [0.3, 0.4) is 0 Å². The van der Waals surface area contributed by atoms with E-state index in [9.17, 15) is 8.42 Å². The lowest BCUT2D eigenvalue weighted by molar-refractivity contribution is 0.147. The van der Waals surface area contributed by atoms with Crippen LogP contribution in [-0.4, -0.2) is 93.2 Å². The Balaban J connectivity index is 1.67. The standard InChI is InChI=1S/C17H35N5O2S2/c1-3-16-6-4-5-9-21(16)10-7-19-17(18-2)20-8-15-26(23,24)22-11-13-25-14-12-22/h16H,3-15H2,1-2H3,(H2,18,19,20). The number of hydrogen-bond acceptors (Lipinski definition) is 5. The van der Waals surface area contributed by atoms with Gasteiger partial charge >= 0.3 is 0 Å². The normalized spacial score (nSPS) is 23.8. The largest absolute Gasteiger partial charge is 0.355 e. The molecule has 2 aliphatic rings. The van der Waals surface area contributed by atoms with Crippen molar-refractivity contribution < 1.29 is 8.42 Å². The van der Waals surface area contributed by atoms with Crippen LogP contribution in [0.25, 0.3) is 0 Å². The van der Waals surface area contributed by atoms with Crippen molar-refractivity contribution in [2.24, 2.45) is 4.99 Å². The Bertz CT molecular complexity index is 535. The van der Waals surface area contributed by atoms with E-state index in [0.29, 0.717) is 31.6 Å². The highest BCUT2D eigenvalue weighted by Crippen LogP contribution is 2.18. The van der Waals surface area contributed by atoms with Crippen LogP contribution in [-0.2, 0) is 10.0 Å². The molecule has 0 saturated carbocycles. The first-order chi connectivity index (χ1) is 12.6. The number of thioether (sulfide) groups is 1. The molecule has 0 aromatic heterocycles. The van der Waals surface area contributed by atoms with Crippen molar-refractivity contribution in [3.8, 4) is 0 Å². The number of rotatable bonds is 8. The zero-order valence-corrected chi connectivity index (χ0v) is 17.9. The smallest absolute Gasteiger partial charge is 0.215 e. The Morgan fingerprint density at radius 3 is 2.58 bits per heavy atom. The molecule has 1 atom stereocenters. The lowest BCUT2D eigenvalue weighted by Gasteiger charge is -2.35. The Hall–Kier alpha value is -0.510. The van der Waals surface area contributed by atoms with Crippen LogP contribution in [0.2, 0.25) is 0 Å². The first-order valence-corrected chi connectivity index (χ1v) is 12.6. The molecule has 0 aromatic rings. The van der Waals surface area contributed by atoms with Crippen molar-refractivity contribution in [3.63, 3.8) is 0 Å². The molecule has 2 aliphatic heterocycles. The molecule has 2 N–H and O–H groups in total. The van der Waals surface area contributed by atoms with E-state index in [1.54, 1.807) is 11.4 Å². The van der Waals surface area contributed by atoms with Crippen LogP contribution < -0.4 is 10.6 Å². The van der Waals surface area contributed by atoms with E-state index >= 15 is 0 Å². The third kappa shape index (κ3) is 6.90. The van der Waals surface area contributed by atoms with Crippen molar-refractivity contribution in [3.05, 3.63) is 0 Å². The first kappa shape index (κ1) is 21.8. The number of piperidine rings is 1. The summed E-state index contributed by atoms with van der Waals surface area (Å²) in [5.74, 6) is 2.58. The average molecular weight is 406 g/mol. The Labute approximate surface area is 163 Å². The van der Waals surface area contributed by atoms with Gasteiger partial charge in [-0.25, -0.2) is 12.7 Å². The Kier molecular flexibility index (Phi) is 9.52. The minimum Gasteiger partial charge on any atom is -0.355 e. The van der Waals surface area contributed by atoms with Crippen LogP contribution in [0.4, 0.5) is 0 Å². The van der Waals surface area contributed by atoms with Gasteiger partial charge < -0.3 is 10.6 Å². The monoisotopic (exact) mass is 405 g/mol. The lowest BCUT2D eigenvalue weighted by atomic mass is 10.0. The quantitative estimate of drug-likeness (QED) is 0.459. The predicted molar refractivity (Wildman–Crippen MR) is 112 cm³/mol. The number of nitrogens with one attached hydrogen (secondary N) is 2. The number of guanidine groups is 1. The van der Waals surface area contributed by atoms with Gasteiger partial charge in [-0.3, -0.25) is 9.89 Å². The highest BCUT2D eigenvalue weighted by molar-refractivity contribution is 7.99. The van der Waals surface area contributed by atoms with Gasteiger partial charge in [0.2, 0.25) is 10.0 Å². The molecule has 9 heteroatoms. The van der Waals surface area contributed by atoms with Crippen LogP contribution in [0.5, 0.6) is 0 Å². The van der Waals surface area contributed by atoms with E-state index in [2.05, 4.69) is 27.4 Å². The second kappa shape index (κ2) is 11.4. The van der Waals surface area contributed by atoms with Gasteiger partial charge in [-0.05, 0) is 25.8 Å². The van der Waals surface area contributed by atoms with E-state index in [4.69, 9.17) is 0 Å². The molecule has 0 bridgehead atoms. The summed E-state index contributed by atoms with van der Waals surface area (Å²) in [4.78, 5) is 6.76. The molecule has 1 unspecified atom stereocenters. The maximum atomic E-state index is 12.4. The van der Waals surface area contributed by atoms with Crippen molar-refractivity contribution in [2.75, 3.05) is 63.6 Å². The van der Waals surface area contributed by atoms with E-state index in [1.165, 1.54) is 32.2 Å². The highest BCUT2D eigenvalue weighted by atomic mass is 32.2. The van der Waals surface area contributed by atoms with E-state index < -0.39 is 10.0 Å². The molecule has 2 rings (SSSR count). The highest BCUT2D eigenvalue weighted by Gasteiger charge is 2.24. The number of hydrogen-bond donors (Lipinski definition) is 2. The summed E-state index contributed by atoms with van der Waals surface area (Å²) in [5, 5.41) is 6.45. The zero-order valence-electron chi connectivity index (χ0n) is 16.2. The fourth-order valence-electron chi connectivity index (χ4n) is 3.61. The van der Waals surface area contributed by atoms with Gasteiger partial charge in [-0.2, -0.15) is 11.8 Å². The Morgan fingerprint density at radius 2 is 1.88 bits per heavy atom. The minimum absolute atomic E-state index is 0.113. The minimum atomic E-state index is -3.17. The van der Waals surface area contributed by atoms with Crippen LogP contribution in [0.1, 0.15) is 32.6 Å². The van der Waals surface area contributed by atoms with Crippen molar-refractivity contribution >= 4 is 27.7 Å². The fraction of sp³-hybridized carbons (Fsp3) is 0.941. The molecule has 152 valence electrons. The second-order valence-electron chi connectivity index (χ2n) is 6.85. The molecule has 26 heavy (non-hydrogen) atoms. The van der Waals surface area contributed by atoms with Crippen molar-refractivity contribution in [1.29, 1.82) is 0 Å². The number of nitrogens with zero attached hydrogens (tertiary/aromatic N) is 3. The fourth-order valence-corrected chi connectivity index (χ4v) is 6.10. The molecular formula is C17H35N5O2S2. The second-order valence-corrected chi connectivity index (χ2v) is 10.2. The van der Waals surface area contributed by atoms with Crippen molar-refractivity contribution in [2.45, 2.75) is 38.6 Å². The summed E-state index contributed by atoms with van der Waals surface area (Å²) in [7, 11) is -1.45. The number of aliphatic imine (C=N–C) groups is 1. The molecular weight excluding hydrogens is 370 g/mol. The van der Waals surface area contributed by atoms with Crippen LogP contribution >= 0.6 is 11.8 Å². The summed E-state index contributed by atoms with van der Waals surface area (Å²) in [5.41, 5.74) is 0. The van der Waals surface area contributed by atoms with Gasteiger partial charge in [0, 0.05) is 57.3 Å². The number of sulfonamides is 1.